The van der Waals surface area contributed by atoms with Gasteiger partial charge in [-0.1, -0.05) is 38.0 Å². The second-order valence-electron chi connectivity index (χ2n) is 7.36. The van der Waals surface area contributed by atoms with Crippen LogP contribution in [0.1, 0.15) is 47.0 Å². The van der Waals surface area contributed by atoms with Gasteiger partial charge in [0.05, 0.1) is 5.39 Å². The van der Waals surface area contributed by atoms with Gasteiger partial charge in [-0.05, 0) is 36.8 Å². The van der Waals surface area contributed by atoms with E-state index in [1.165, 1.54) is 9.58 Å². The van der Waals surface area contributed by atoms with Crippen LogP contribution in [0.4, 0.5) is 5.69 Å². The number of nitrogens with one attached hydrogen (secondary N) is 1. The highest BCUT2D eigenvalue weighted by atomic mass is 16.2. The quantitative estimate of drug-likeness (QED) is 0.608. The highest BCUT2D eigenvalue weighted by molar-refractivity contribution is 6.11. The van der Waals surface area contributed by atoms with Gasteiger partial charge >= 0.3 is 0 Å². The zero-order valence-corrected chi connectivity index (χ0v) is 17.5. The first-order chi connectivity index (χ1) is 14.4. The minimum Gasteiger partial charge on any atom is -0.345 e. The molecule has 0 aliphatic rings. The Hall–Kier alpha value is -3.48. The van der Waals surface area contributed by atoms with Crippen LogP contribution in [0.2, 0.25) is 0 Å². The van der Waals surface area contributed by atoms with E-state index in [9.17, 15) is 14.4 Å². The molecule has 0 saturated heterocycles. The van der Waals surface area contributed by atoms with Gasteiger partial charge < -0.3 is 10.2 Å². The van der Waals surface area contributed by atoms with Crippen molar-refractivity contribution in [3.63, 3.8) is 0 Å². The largest absolute Gasteiger partial charge is 0.345 e. The zero-order chi connectivity index (χ0) is 21.7. The third-order valence-corrected chi connectivity index (χ3v) is 4.85. The molecule has 0 unspecified atom stereocenters. The minimum atomic E-state index is -0.401. The normalized spacial score (nSPS) is 10.8. The van der Waals surface area contributed by atoms with Crippen molar-refractivity contribution in [2.45, 2.75) is 32.7 Å². The average molecular weight is 406 g/mol. The summed E-state index contributed by atoms with van der Waals surface area (Å²) < 4.78 is 1.38. The van der Waals surface area contributed by atoms with Crippen LogP contribution in [0.5, 0.6) is 0 Å². The molecule has 156 valence electrons. The SMILES string of the molecule is CCCCCn1nc(C(=O)Nc2ccc(C(=O)N(C)C)cc2)c2ccccc2c1=O. The van der Waals surface area contributed by atoms with E-state index >= 15 is 0 Å². The number of hydrogen-bond acceptors (Lipinski definition) is 4. The molecule has 3 aromatic rings. The van der Waals surface area contributed by atoms with Gasteiger partial charge in [-0.25, -0.2) is 4.68 Å². The summed E-state index contributed by atoms with van der Waals surface area (Å²) in [6.45, 7) is 2.56. The second kappa shape index (κ2) is 9.35. The molecule has 0 aliphatic carbocycles. The molecule has 0 atom stereocenters. The molecule has 7 nitrogen and oxygen atoms in total. The van der Waals surface area contributed by atoms with Gasteiger partial charge in [0.1, 0.15) is 0 Å². The summed E-state index contributed by atoms with van der Waals surface area (Å²) >= 11 is 0. The van der Waals surface area contributed by atoms with E-state index in [1.54, 1.807) is 62.6 Å². The highest BCUT2D eigenvalue weighted by Crippen LogP contribution is 2.17. The Kier molecular flexibility index (Phi) is 6.61. The first-order valence-corrected chi connectivity index (χ1v) is 10.0. The molecule has 2 aromatic carbocycles. The maximum atomic E-state index is 13.0. The van der Waals surface area contributed by atoms with Crippen molar-refractivity contribution in [3.05, 3.63) is 70.1 Å². The Bertz CT molecular complexity index is 1120. The summed E-state index contributed by atoms with van der Waals surface area (Å²) in [4.78, 5) is 39.2. The number of fused-ring (bicyclic) bond motifs is 1. The number of carbonyl (C=O) groups excluding carboxylic acids is 2. The Morgan fingerprint density at radius 3 is 2.30 bits per heavy atom. The van der Waals surface area contributed by atoms with E-state index in [0.717, 1.165) is 19.3 Å². The number of aryl methyl sites for hydroxylation is 1. The second-order valence-corrected chi connectivity index (χ2v) is 7.36. The third-order valence-electron chi connectivity index (χ3n) is 4.85. The number of amides is 2. The van der Waals surface area contributed by atoms with E-state index in [4.69, 9.17) is 0 Å². The van der Waals surface area contributed by atoms with Gasteiger partial charge in [0.2, 0.25) is 0 Å². The van der Waals surface area contributed by atoms with Gasteiger partial charge in [0.15, 0.2) is 5.69 Å². The lowest BCUT2D eigenvalue weighted by Gasteiger charge is -2.12. The summed E-state index contributed by atoms with van der Waals surface area (Å²) in [5.41, 5.74) is 1.09. The Morgan fingerprint density at radius 2 is 1.67 bits per heavy atom. The van der Waals surface area contributed by atoms with Gasteiger partial charge in [0.25, 0.3) is 17.4 Å². The Labute approximate surface area is 175 Å². The maximum absolute atomic E-state index is 13.0. The van der Waals surface area contributed by atoms with Crippen LogP contribution in [0.3, 0.4) is 0 Å². The predicted octanol–water partition coefficient (Wildman–Crippen LogP) is 3.54. The topological polar surface area (TPSA) is 84.3 Å². The molecule has 7 heteroatoms. The molecule has 0 bridgehead atoms. The lowest BCUT2D eigenvalue weighted by atomic mass is 10.1. The van der Waals surface area contributed by atoms with Crippen molar-refractivity contribution in [1.29, 1.82) is 0 Å². The van der Waals surface area contributed by atoms with Crippen LogP contribution in [-0.4, -0.2) is 40.6 Å². The lowest BCUT2D eigenvalue weighted by Crippen LogP contribution is -2.27. The van der Waals surface area contributed by atoms with E-state index in [-0.39, 0.29) is 17.2 Å². The number of carbonyl (C=O) groups is 2. The van der Waals surface area contributed by atoms with Crippen LogP contribution in [0.25, 0.3) is 10.8 Å². The minimum absolute atomic E-state index is 0.111. The molecule has 0 radical (unpaired) electrons. The van der Waals surface area contributed by atoms with Crippen molar-refractivity contribution >= 4 is 28.3 Å². The smallest absolute Gasteiger partial charge is 0.276 e. The lowest BCUT2D eigenvalue weighted by molar-refractivity contribution is 0.0827. The molecule has 0 fully saturated rings. The number of nitrogens with zero attached hydrogens (tertiary/aromatic N) is 3. The van der Waals surface area contributed by atoms with Crippen LogP contribution in [0, 0.1) is 0 Å². The third kappa shape index (κ3) is 4.56. The van der Waals surface area contributed by atoms with Gasteiger partial charge in [-0.2, -0.15) is 5.10 Å². The van der Waals surface area contributed by atoms with E-state index < -0.39 is 5.91 Å². The van der Waals surface area contributed by atoms with Crippen LogP contribution in [-0.2, 0) is 6.54 Å². The van der Waals surface area contributed by atoms with Gasteiger partial charge in [0, 0.05) is 37.3 Å². The predicted molar refractivity (Wildman–Crippen MR) is 118 cm³/mol. The molecule has 0 spiro atoms. The van der Waals surface area contributed by atoms with Crippen molar-refractivity contribution in [1.82, 2.24) is 14.7 Å². The van der Waals surface area contributed by atoms with Gasteiger partial charge in [-0.15, -0.1) is 0 Å². The summed E-state index contributed by atoms with van der Waals surface area (Å²) in [6, 6.07) is 13.7. The first-order valence-electron chi connectivity index (χ1n) is 10.0. The summed E-state index contributed by atoms with van der Waals surface area (Å²) in [6.07, 6.45) is 2.84. The molecular formula is C23H26N4O3. The number of anilines is 1. The van der Waals surface area contributed by atoms with Crippen molar-refractivity contribution < 1.29 is 9.59 Å². The fraction of sp³-hybridized carbons (Fsp3) is 0.304. The monoisotopic (exact) mass is 406 g/mol. The van der Waals surface area contributed by atoms with Crippen LogP contribution in [0.15, 0.2) is 53.3 Å². The average Bonchev–Trinajstić information content (AvgIpc) is 2.75. The first kappa shape index (κ1) is 21.2. The Morgan fingerprint density at radius 1 is 1.00 bits per heavy atom. The van der Waals surface area contributed by atoms with Crippen molar-refractivity contribution in [2.75, 3.05) is 19.4 Å². The molecule has 1 N–H and O–H groups in total. The fourth-order valence-electron chi connectivity index (χ4n) is 3.21. The summed E-state index contributed by atoms with van der Waals surface area (Å²) in [7, 11) is 3.37. The Balaban J connectivity index is 1.91. The van der Waals surface area contributed by atoms with Crippen molar-refractivity contribution in [2.24, 2.45) is 0 Å². The highest BCUT2D eigenvalue weighted by Gasteiger charge is 2.17. The van der Waals surface area contributed by atoms with Crippen molar-refractivity contribution in [3.8, 4) is 0 Å². The molecule has 30 heavy (non-hydrogen) atoms. The number of rotatable bonds is 7. The zero-order valence-electron chi connectivity index (χ0n) is 17.5. The molecule has 2 amide bonds. The van der Waals surface area contributed by atoms with E-state index in [2.05, 4.69) is 17.3 Å². The van der Waals surface area contributed by atoms with E-state index in [0.29, 0.717) is 28.6 Å². The van der Waals surface area contributed by atoms with Crippen LogP contribution < -0.4 is 10.9 Å². The standard InChI is InChI=1S/C23H26N4O3/c1-4-5-8-15-27-23(30)19-10-7-6-9-18(19)20(25-27)21(28)24-17-13-11-16(12-14-17)22(29)26(2)3/h6-7,9-14H,4-5,8,15H2,1-3H3,(H,24,28). The number of unbranched alkanes of at least 4 members (excludes halogenated alkanes) is 2. The van der Waals surface area contributed by atoms with Gasteiger partial charge in [-0.3, -0.25) is 14.4 Å². The molecule has 1 aromatic heterocycles. The fourth-order valence-corrected chi connectivity index (χ4v) is 3.21. The summed E-state index contributed by atoms with van der Waals surface area (Å²) in [5.74, 6) is -0.512. The molecule has 0 saturated carbocycles. The van der Waals surface area contributed by atoms with E-state index in [1.807, 2.05) is 0 Å². The summed E-state index contributed by atoms with van der Waals surface area (Å²) in [5, 5.41) is 8.18. The molecule has 1 heterocycles. The molecular weight excluding hydrogens is 380 g/mol. The maximum Gasteiger partial charge on any atom is 0.276 e. The number of aromatic nitrogens is 2. The van der Waals surface area contributed by atoms with Crippen LogP contribution >= 0.6 is 0 Å². The molecule has 3 rings (SSSR count). The number of benzene rings is 2. The molecule has 0 aliphatic heterocycles. The number of hydrogen-bond donors (Lipinski definition) is 1.